The molecule has 3 heteroatoms. The third kappa shape index (κ3) is 1.81. The van der Waals surface area contributed by atoms with Gasteiger partial charge in [-0.3, -0.25) is 16.3 Å². The fraction of sp³-hybridized carbons (Fsp3) is 0.357. The van der Waals surface area contributed by atoms with Crippen molar-refractivity contribution in [3.63, 3.8) is 0 Å². The quantitative estimate of drug-likeness (QED) is 0.625. The zero-order valence-electron chi connectivity index (χ0n) is 9.93. The zero-order valence-corrected chi connectivity index (χ0v) is 9.93. The Morgan fingerprint density at radius 2 is 2.24 bits per heavy atom. The van der Waals surface area contributed by atoms with Gasteiger partial charge in [0.25, 0.3) is 0 Å². The van der Waals surface area contributed by atoms with E-state index < -0.39 is 0 Å². The summed E-state index contributed by atoms with van der Waals surface area (Å²) in [6.45, 7) is 2.28. The zero-order chi connectivity index (χ0) is 11.8. The highest BCUT2D eigenvalue weighted by atomic mass is 15.2. The molecule has 1 aliphatic carbocycles. The van der Waals surface area contributed by atoms with Gasteiger partial charge in [-0.15, -0.1) is 0 Å². The van der Waals surface area contributed by atoms with Crippen LogP contribution in [0.1, 0.15) is 24.9 Å². The van der Waals surface area contributed by atoms with Crippen molar-refractivity contribution in [2.45, 2.75) is 19.4 Å². The van der Waals surface area contributed by atoms with Crippen LogP contribution in [-0.4, -0.2) is 4.98 Å². The second-order valence-corrected chi connectivity index (χ2v) is 4.97. The molecule has 0 bridgehead atoms. The maximum absolute atomic E-state index is 5.73. The van der Waals surface area contributed by atoms with Crippen LogP contribution in [0.2, 0.25) is 0 Å². The third-order valence-electron chi connectivity index (χ3n) is 3.83. The molecule has 2 aromatic rings. The number of pyridine rings is 1. The first-order valence-electron chi connectivity index (χ1n) is 6.10. The van der Waals surface area contributed by atoms with E-state index in [0.717, 1.165) is 5.92 Å². The van der Waals surface area contributed by atoms with Gasteiger partial charge in [0.1, 0.15) is 0 Å². The molecule has 1 aliphatic rings. The Morgan fingerprint density at radius 3 is 2.94 bits per heavy atom. The lowest BCUT2D eigenvalue weighted by molar-refractivity contribution is 0.479. The second-order valence-electron chi connectivity index (χ2n) is 4.97. The standard InChI is InChI=1S/C14H17N3/c1-9-7-12(9)14(17-15)11-4-2-3-10-5-6-16-8-13(10)11/h2-6,8-9,12,14,17H,7,15H2,1H3. The Balaban J connectivity index is 2.09. The van der Waals surface area contributed by atoms with Crippen molar-refractivity contribution in [3.05, 3.63) is 42.2 Å². The van der Waals surface area contributed by atoms with Crippen molar-refractivity contribution in [1.29, 1.82) is 0 Å². The Labute approximate surface area is 101 Å². The number of nitrogens with one attached hydrogen (secondary N) is 1. The number of nitrogens with zero attached hydrogens (tertiary/aromatic N) is 1. The molecule has 3 N–H and O–H groups in total. The number of rotatable bonds is 3. The predicted molar refractivity (Wildman–Crippen MR) is 69.1 cm³/mol. The molecular formula is C14H17N3. The fourth-order valence-corrected chi connectivity index (χ4v) is 2.67. The molecule has 1 aromatic heterocycles. The summed E-state index contributed by atoms with van der Waals surface area (Å²) < 4.78 is 0. The first kappa shape index (κ1) is 10.7. The summed E-state index contributed by atoms with van der Waals surface area (Å²) in [4.78, 5) is 4.22. The molecule has 88 valence electrons. The maximum atomic E-state index is 5.73. The summed E-state index contributed by atoms with van der Waals surface area (Å²) in [6, 6.07) is 8.65. The minimum absolute atomic E-state index is 0.248. The van der Waals surface area contributed by atoms with Crippen LogP contribution in [-0.2, 0) is 0 Å². The van der Waals surface area contributed by atoms with Crippen LogP contribution >= 0.6 is 0 Å². The molecule has 0 radical (unpaired) electrons. The normalized spacial score (nSPS) is 24.8. The van der Waals surface area contributed by atoms with Crippen molar-refractivity contribution in [2.75, 3.05) is 0 Å². The Bertz CT molecular complexity index is 532. The van der Waals surface area contributed by atoms with Crippen LogP contribution in [0.3, 0.4) is 0 Å². The largest absolute Gasteiger partial charge is 0.271 e. The first-order valence-corrected chi connectivity index (χ1v) is 6.10. The summed E-state index contributed by atoms with van der Waals surface area (Å²) in [7, 11) is 0. The summed E-state index contributed by atoms with van der Waals surface area (Å²) in [5, 5.41) is 2.43. The van der Waals surface area contributed by atoms with Gasteiger partial charge >= 0.3 is 0 Å². The maximum Gasteiger partial charge on any atom is 0.0497 e. The van der Waals surface area contributed by atoms with Crippen LogP contribution in [0.5, 0.6) is 0 Å². The fourth-order valence-electron chi connectivity index (χ4n) is 2.67. The van der Waals surface area contributed by atoms with Gasteiger partial charge < -0.3 is 0 Å². The van der Waals surface area contributed by atoms with Gasteiger partial charge in [-0.25, -0.2) is 0 Å². The van der Waals surface area contributed by atoms with Crippen LogP contribution in [0, 0.1) is 11.8 Å². The highest BCUT2D eigenvalue weighted by Crippen LogP contribution is 2.47. The van der Waals surface area contributed by atoms with Crippen molar-refractivity contribution in [3.8, 4) is 0 Å². The molecule has 1 heterocycles. The van der Waals surface area contributed by atoms with Gasteiger partial charge in [0.15, 0.2) is 0 Å². The van der Waals surface area contributed by atoms with E-state index >= 15 is 0 Å². The second kappa shape index (κ2) is 4.09. The monoisotopic (exact) mass is 227 g/mol. The Kier molecular flexibility index (Phi) is 2.57. The lowest BCUT2D eigenvalue weighted by Crippen LogP contribution is -2.30. The lowest BCUT2D eigenvalue weighted by Gasteiger charge is -2.18. The smallest absolute Gasteiger partial charge is 0.0497 e. The molecule has 0 aliphatic heterocycles. The van der Waals surface area contributed by atoms with Crippen LogP contribution in [0.25, 0.3) is 10.8 Å². The predicted octanol–water partition coefficient (Wildman–Crippen LogP) is 2.40. The Hall–Kier alpha value is -1.45. The molecule has 3 unspecified atom stereocenters. The number of aromatic nitrogens is 1. The molecule has 17 heavy (non-hydrogen) atoms. The molecule has 0 spiro atoms. The van der Waals surface area contributed by atoms with E-state index in [9.17, 15) is 0 Å². The number of hydrogen-bond donors (Lipinski definition) is 2. The molecule has 3 nitrogen and oxygen atoms in total. The van der Waals surface area contributed by atoms with Gasteiger partial charge in [0, 0.05) is 23.8 Å². The van der Waals surface area contributed by atoms with E-state index in [1.54, 1.807) is 0 Å². The van der Waals surface area contributed by atoms with Crippen LogP contribution in [0.4, 0.5) is 0 Å². The Morgan fingerprint density at radius 1 is 1.41 bits per heavy atom. The van der Waals surface area contributed by atoms with E-state index in [1.165, 1.54) is 22.8 Å². The minimum atomic E-state index is 0.248. The van der Waals surface area contributed by atoms with Crippen molar-refractivity contribution >= 4 is 10.8 Å². The van der Waals surface area contributed by atoms with E-state index in [0.29, 0.717) is 5.92 Å². The molecule has 3 atom stereocenters. The average Bonchev–Trinajstić information content (AvgIpc) is 3.08. The lowest BCUT2D eigenvalue weighted by atomic mass is 9.97. The molecule has 1 fully saturated rings. The number of hydrogen-bond acceptors (Lipinski definition) is 3. The van der Waals surface area contributed by atoms with Crippen LogP contribution < -0.4 is 11.3 Å². The average molecular weight is 227 g/mol. The van der Waals surface area contributed by atoms with Gasteiger partial charge in [-0.05, 0) is 35.3 Å². The van der Waals surface area contributed by atoms with Gasteiger partial charge in [0.2, 0.25) is 0 Å². The number of benzene rings is 1. The minimum Gasteiger partial charge on any atom is -0.271 e. The molecule has 1 aromatic carbocycles. The number of hydrazine groups is 1. The topological polar surface area (TPSA) is 50.9 Å². The highest BCUT2D eigenvalue weighted by molar-refractivity contribution is 5.85. The highest BCUT2D eigenvalue weighted by Gasteiger charge is 2.40. The first-order chi connectivity index (χ1) is 8.31. The number of nitrogens with two attached hydrogens (primary N) is 1. The SMILES string of the molecule is CC1CC1C(NN)c1cccc2ccncc12. The van der Waals surface area contributed by atoms with E-state index in [4.69, 9.17) is 5.84 Å². The van der Waals surface area contributed by atoms with Crippen molar-refractivity contribution in [1.82, 2.24) is 10.4 Å². The summed E-state index contributed by atoms with van der Waals surface area (Å²) >= 11 is 0. The molecule has 3 rings (SSSR count). The van der Waals surface area contributed by atoms with Crippen LogP contribution in [0.15, 0.2) is 36.7 Å². The van der Waals surface area contributed by atoms with Gasteiger partial charge in [0.05, 0.1) is 0 Å². The molecular weight excluding hydrogens is 210 g/mol. The van der Waals surface area contributed by atoms with Gasteiger partial charge in [-0.2, -0.15) is 0 Å². The number of fused-ring (bicyclic) bond motifs is 1. The van der Waals surface area contributed by atoms with Crippen molar-refractivity contribution in [2.24, 2.45) is 17.7 Å². The van der Waals surface area contributed by atoms with E-state index in [1.807, 2.05) is 18.5 Å². The van der Waals surface area contributed by atoms with Gasteiger partial charge in [-0.1, -0.05) is 25.1 Å². The van der Waals surface area contributed by atoms with E-state index in [2.05, 4.69) is 35.5 Å². The molecule has 0 amide bonds. The molecule has 0 saturated heterocycles. The molecule has 1 saturated carbocycles. The van der Waals surface area contributed by atoms with Crippen molar-refractivity contribution < 1.29 is 0 Å². The summed E-state index contributed by atoms with van der Waals surface area (Å²) in [5.74, 6) is 7.15. The summed E-state index contributed by atoms with van der Waals surface area (Å²) in [5.41, 5.74) is 4.25. The van der Waals surface area contributed by atoms with E-state index in [-0.39, 0.29) is 6.04 Å². The third-order valence-corrected chi connectivity index (χ3v) is 3.83. The summed E-state index contributed by atoms with van der Waals surface area (Å²) in [6.07, 6.45) is 5.02.